The van der Waals surface area contributed by atoms with Gasteiger partial charge in [0.25, 0.3) is 0 Å². The van der Waals surface area contributed by atoms with Crippen molar-refractivity contribution in [1.82, 2.24) is 10.3 Å². The molecule has 1 aliphatic carbocycles. The van der Waals surface area contributed by atoms with Crippen LogP contribution in [0.3, 0.4) is 0 Å². The quantitative estimate of drug-likeness (QED) is 0.848. The molecular formula is C20H26N2O3. The number of carbonyl (C=O) groups excluding carboxylic acids is 1. The molecule has 1 saturated heterocycles. The second-order valence-electron chi connectivity index (χ2n) is 7.07. The highest BCUT2D eigenvalue weighted by Crippen LogP contribution is 2.45. The number of benzene rings is 1. The molecule has 2 fully saturated rings. The molecule has 134 valence electrons. The Kier molecular flexibility index (Phi) is 4.52. The van der Waals surface area contributed by atoms with Crippen LogP contribution in [0.1, 0.15) is 38.2 Å². The summed E-state index contributed by atoms with van der Waals surface area (Å²) >= 11 is 0. The molecular weight excluding hydrogens is 316 g/mol. The average molecular weight is 342 g/mol. The van der Waals surface area contributed by atoms with Crippen LogP contribution in [-0.4, -0.2) is 41.9 Å². The number of H-pyrrole nitrogens is 1. The Hall–Kier alpha value is -1.85. The van der Waals surface area contributed by atoms with Gasteiger partial charge >= 0.3 is 0 Å². The van der Waals surface area contributed by atoms with E-state index in [9.17, 15) is 4.79 Å². The monoisotopic (exact) mass is 342 g/mol. The van der Waals surface area contributed by atoms with Crippen molar-refractivity contribution < 1.29 is 14.3 Å². The summed E-state index contributed by atoms with van der Waals surface area (Å²) in [6.45, 7) is 3.47. The van der Waals surface area contributed by atoms with E-state index in [2.05, 4.69) is 22.4 Å². The first-order chi connectivity index (χ1) is 12.2. The average Bonchev–Trinajstić information content (AvgIpc) is 3.28. The molecule has 0 radical (unpaired) electrons. The minimum Gasteiger partial charge on any atom is -0.375 e. The molecule has 1 aliphatic heterocycles. The largest absolute Gasteiger partial charge is 0.375 e. The summed E-state index contributed by atoms with van der Waals surface area (Å²) in [5.41, 5.74) is 2.03. The van der Waals surface area contributed by atoms with Crippen molar-refractivity contribution in [3.8, 4) is 0 Å². The van der Waals surface area contributed by atoms with Crippen LogP contribution in [0, 0.1) is 0 Å². The fourth-order valence-corrected chi connectivity index (χ4v) is 4.33. The van der Waals surface area contributed by atoms with Gasteiger partial charge in [0.1, 0.15) is 5.60 Å². The molecule has 1 aromatic heterocycles. The Labute approximate surface area is 148 Å². The number of aromatic amines is 1. The van der Waals surface area contributed by atoms with E-state index >= 15 is 0 Å². The lowest BCUT2D eigenvalue weighted by molar-refractivity contribution is -0.198. The van der Waals surface area contributed by atoms with Gasteiger partial charge in [0, 0.05) is 36.7 Å². The summed E-state index contributed by atoms with van der Waals surface area (Å²) in [5.74, 6) is 0.0973. The third-order valence-electron chi connectivity index (χ3n) is 5.67. The van der Waals surface area contributed by atoms with E-state index in [-0.39, 0.29) is 23.7 Å². The van der Waals surface area contributed by atoms with E-state index in [1.165, 1.54) is 10.9 Å². The van der Waals surface area contributed by atoms with Gasteiger partial charge in [-0.3, -0.25) is 4.79 Å². The van der Waals surface area contributed by atoms with E-state index in [0.29, 0.717) is 13.0 Å². The number of aryl methyl sites for hydroxylation is 1. The topological polar surface area (TPSA) is 63.3 Å². The fraction of sp³-hybridized carbons (Fsp3) is 0.550. The number of nitrogens with one attached hydrogen (secondary N) is 2. The van der Waals surface area contributed by atoms with Crippen molar-refractivity contribution in [2.75, 3.05) is 13.2 Å². The van der Waals surface area contributed by atoms with Crippen molar-refractivity contribution >= 4 is 16.8 Å². The number of amides is 1. The summed E-state index contributed by atoms with van der Waals surface area (Å²) in [4.78, 5) is 15.7. The van der Waals surface area contributed by atoms with E-state index in [1.807, 2.05) is 25.3 Å². The minimum absolute atomic E-state index is 0.0852. The zero-order valence-electron chi connectivity index (χ0n) is 14.7. The number of hydrogen-bond donors (Lipinski definition) is 2. The van der Waals surface area contributed by atoms with Crippen LogP contribution >= 0.6 is 0 Å². The van der Waals surface area contributed by atoms with E-state index < -0.39 is 0 Å². The molecule has 3 atom stereocenters. The minimum atomic E-state index is -0.285. The van der Waals surface area contributed by atoms with Crippen molar-refractivity contribution in [3.63, 3.8) is 0 Å². The number of para-hydroxylation sites is 1. The van der Waals surface area contributed by atoms with Gasteiger partial charge in [-0.05, 0) is 44.2 Å². The molecule has 1 saturated carbocycles. The molecule has 0 bridgehead atoms. The van der Waals surface area contributed by atoms with Gasteiger partial charge in [-0.1, -0.05) is 18.2 Å². The molecule has 1 amide bonds. The zero-order chi connectivity index (χ0) is 17.3. The maximum absolute atomic E-state index is 12.5. The highest BCUT2D eigenvalue weighted by Gasteiger charge is 2.59. The first-order valence-electron chi connectivity index (χ1n) is 9.33. The summed E-state index contributed by atoms with van der Waals surface area (Å²) in [5, 5.41) is 4.39. The van der Waals surface area contributed by atoms with Crippen LogP contribution in [0.2, 0.25) is 0 Å². The number of aromatic nitrogens is 1. The fourth-order valence-electron chi connectivity index (χ4n) is 4.33. The lowest BCUT2D eigenvalue weighted by atomic mass is 9.70. The molecule has 5 heteroatoms. The van der Waals surface area contributed by atoms with Gasteiger partial charge < -0.3 is 19.8 Å². The number of ether oxygens (including phenoxy) is 2. The maximum Gasteiger partial charge on any atom is 0.220 e. The highest BCUT2D eigenvalue weighted by atomic mass is 16.6. The Balaban J connectivity index is 1.35. The molecule has 3 unspecified atom stereocenters. The molecule has 5 nitrogen and oxygen atoms in total. The summed E-state index contributed by atoms with van der Waals surface area (Å²) in [7, 11) is 0. The molecule has 2 aliphatic rings. The van der Waals surface area contributed by atoms with Gasteiger partial charge in [-0.15, -0.1) is 0 Å². The standard InChI is InChI=1S/C20H26N2O3/c1-2-24-18-12-17(20(18)10-5-11-25-20)22-19(23)9-8-14-13-21-16-7-4-3-6-15(14)16/h3-4,6-7,13,17-18,21H,2,5,8-12H2,1H3,(H,22,23). The Bertz CT molecular complexity index is 748. The van der Waals surface area contributed by atoms with E-state index in [4.69, 9.17) is 9.47 Å². The van der Waals surface area contributed by atoms with Gasteiger partial charge in [0.05, 0.1) is 12.1 Å². The lowest BCUT2D eigenvalue weighted by Gasteiger charge is -2.52. The van der Waals surface area contributed by atoms with Crippen LogP contribution in [-0.2, 0) is 20.7 Å². The molecule has 2 heterocycles. The van der Waals surface area contributed by atoms with Crippen LogP contribution in [0.5, 0.6) is 0 Å². The van der Waals surface area contributed by atoms with E-state index in [1.54, 1.807) is 0 Å². The Morgan fingerprint density at radius 2 is 2.32 bits per heavy atom. The lowest BCUT2D eigenvalue weighted by Crippen LogP contribution is -2.69. The maximum atomic E-state index is 12.5. The van der Waals surface area contributed by atoms with E-state index in [0.717, 1.165) is 37.8 Å². The summed E-state index contributed by atoms with van der Waals surface area (Å²) < 4.78 is 11.8. The third kappa shape index (κ3) is 2.96. The normalized spacial score (nSPS) is 28.4. The Morgan fingerprint density at radius 1 is 1.44 bits per heavy atom. The molecule has 2 N–H and O–H groups in total. The molecule has 1 spiro atoms. The zero-order valence-corrected chi connectivity index (χ0v) is 14.7. The highest BCUT2D eigenvalue weighted by molar-refractivity contribution is 5.84. The van der Waals surface area contributed by atoms with Crippen molar-refractivity contribution in [2.45, 2.75) is 56.8 Å². The Morgan fingerprint density at radius 3 is 3.12 bits per heavy atom. The molecule has 2 aromatic rings. The van der Waals surface area contributed by atoms with Crippen LogP contribution in [0.4, 0.5) is 0 Å². The van der Waals surface area contributed by atoms with Gasteiger partial charge in [-0.2, -0.15) is 0 Å². The van der Waals surface area contributed by atoms with Crippen LogP contribution < -0.4 is 5.32 Å². The van der Waals surface area contributed by atoms with Gasteiger partial charge in [0.15, 0.2) is 0 Å². The molecule has 4 rings (SSSR count). The van der Waals surface area contributed by atoms with Crippen molar-refractivity contribution in [1.29, 1.82) is 0 Å². The van der Waals surface area contributed by atoms with Crippen LogP contribution in [0.15, 0.2) is 30.5 Å². The predicted molar refractivity (Wildman–Crippen MR) is 96.5 cm³/mol. The summed E-state index contributed by atoms with van der Waals surface area (Å²) in [6, 6.07) is 8.29. The summed E-state index contributed by atoms with van der Waals surface area (Å²) in [6.07, 6.45) is 6.25. The molecule has 25 heavy (non-hydrogen) atoms. The second-order valence-corrected chi connectivity index (χ2v) is 7.07. The number of hydrogen-bond acceptors (Lipinski definition) is 3. The predicted octanol–water partition coefficient (Wildman–Crippen LogP) is 2.94. The number of carbonyl (C=O) groups is 1. The van der Waals surface area contributed by atoms with Gasteiger partial charge in [0.2, 0.25) is 5.91 Å². The first-order valence-corrected chi connectivity index (χ1v) is 9.33. The third-order valence-corrected chi connectivity index (χ3v) is 5.67. The first kappa shape index (κ1) is 16.6. The van der Waals surface area contributed by atoms with Crippen molar-refractivity contribution in [2.24, 2.45) is 0 Å². The molecule has 1 aromatic carbocycles. The SMILES string of the molecule is CCOC1CC(NC(=O)CCc2c[nH]c3ccccc23)C12CCCO2. The van der Waals surface area contributed by atoms with Gasteiger partial charge in [-0.25, -0.2) is 0 Å². The number of rotatable bonds is 6. The van der Waals surface area contributed by atoms with Crippen molar-refractivity contribution in [3.05, 3.63) is 36.0 Å². The smallest absolute Gasteiger partial charge is 0.220 e. The van der Waals surface area contributed by atoms with Crippen LogP contribution in [0.25, 0.3) is 10.9 Å². The second kappa shape index (κ2) is 6.81. The number of fused-ring (bicyclic) bond motifs is 1.